The molecule has 1 unspecified atom stereocenters. The lowest BCUT2D eigenvalue weighted by atomic mass is 10.1. The average molecular weight is 242 g/mol. The van der Waals surface area contributed by atoms with E-state index < -0.39 is 18.0 Å². The Kier molecular flexibility index (Phi) is 8.51. The molecule has 2 amide bonds. The third-order valence-corrected chi connectivity index (χ3v) is 2.00. The van der Waals surface area contributed by atoms with Crippen LogP contribution in [-0.2, 0) is 9.53 Å². The number of terminal acetylenes is 1. The summed E-state index contributed by atoms with van der Waals surface area (Å²) in [7, 11) is 1.54. The van der Waals surface area contributed by atoms with E-state index in [1.807, 2.05) is 0 Å². The summed E-state index contributed by atoms with van der Waals surface area (Å²) in [4.78, 5) is 22.1. The van der Waals surface area contributed by atoms with Crippen molar-refractivity contribution < 1.29 is 19.4 Å². The molecule has 6 nitrogen and oxygen atoms in total. The lowest BCUT2D eigenvalue weighted by Crippen LogP contribution is -2.46. The zero-order valence-corrected chi connectivity index (χ0v) is 9.86. The number of urea groups is 1. The van der Waals surface area contributed by atoms with Crippen LogP contribution in [0.5, 0.6) is 0 Å². The van der Waals surface area contributed by atoms with Gasteiger partial charge in [-0.25, -0.2) is 9.59 Å². The van der Waals surface area contributed by atoms with Crippen molar-refractivity contribution in [3.8, 4) is 12.3 Å². The summed E-state index contributed by atoms with van der Waals surface area (Å²) < 4.78 is 4.81. The Labute approximate surface area is 101 Å². The van der Waals surface area contributed by atoms with Crippen molar-refractivity contribution in [3.63, 3.8) is 0 Å². The Bertz CT molecular complexity index is 286. The molecule has 0 spiro atoms. The fourth-order valence-electron chi connectivity index (χ4n) is 1.15. The van der Waals surface area contributed by atoms with Gasteiger partial charge in [0.05, 0.1) is 0 Å². The molecule has 3 N–H and O–H groups in total. The second kappa shape index (κ2) is 9.48. The molecular weight excluding hydrogens is 224 g/mol. The number of carboxylic acids is 1. The van der Waals surface area contributed by atoms with Gasteiger partial charge in [0.15, 0.2) is 0 Å². The van der Waals surface area contributed by atoms with Gasteiger partial charge in [-0.2, -0.15) is 0 Å². The van der Waals surface area contributed by atoms with Crippen LogP contribution in [0.2, 0.25) is 0 Å². The predicted octanol–water partition coefficient (Wildman–Crippen LogP) is 0.189. The van der Waals surface area contributed by atoms with E-state index in [1.54, 1.807) is 0 Å². The summed E-state index contributed by atoms with van der Waals surface area (Å²) in [5.74, 6) is 1.30. The smallest absolute Gasteiger partial charge is 0.326 e. The van der Waals surface area contributed by atoms with Crippen LogP contribution in [0.15, 0.2) is 0 Å². The van der Waals surface area contributed by atoms with Crippen LogP contribution in [0.1, 0.15) is 19.3 Å². The Morgan fingerprint density at radius 1 is 1.53 bits per heavy atom. The zero-order chi connectivity index (χ0) is 13.1. The molecule has 0 heterocycles. The van der Waals surface area contributed by atoms with Gasteiger partial charge < -0.3 is 20.5 Å². The molecule has 17 heavy (non-hydrogen) atoms. The van der Waals surface area contributed by atoms with E-state index >= 15 is 0 Å². The van der Waals surface area contributed by atoms with Crippen LogP contribution in [0.4, 0.5) is 4.79 Å². The highest BCUT2D eigenvalue weighted by molar-refractivity contribution is 5.82. The maximum Gasteiger partial charge on any atom is 0.326 e. The van der Waals surface area contributed by atoms with Crippen LogP contribution in [0.25, 0.3) is 0 Å². The van der Waals surface area contributed by atoms with Gasteiger partial charge in [-0.1, -0.05) is 0 Å². The van der Waals surface area contributed by atoms with Crippen LogP contribution in [0.3, 0.4) is 0 Å². The maximum absolute atomic E-state index is 11.3. The molecule has 0 fully saturated rings. The summed E-state index contributed by atoms with van der Waals surface area (Å²) >= 11 is 0. The molecule has 0 saturated heterocycles. The normalized spacial score (nSPS) is 11.3. The van der Waals surface area contributed by atoms with Crippen molar-refractivity contribution >= 4 is 12.0 Å². The molecular formula is C11H18N2O4. The predicted molar refractivity (Wildman–Crippen MR) is 62.5 cm³/mol. The minimum absolute atomic E-state index is 0.325. The highest BCUT2D eigenvalue weighted by atomic mass is 16.5. The second-order valence-electron chi connectivity index (χ2n) is 3.38. The van der Waals surface area contributed by atoms with Crippen molar-refractivity contribution in [3.05, 3.63) is 0 Å². The van der Waals surface area contributed by atoms with E-state index in [9.17, 15) is 9.59 Å². The Balaban J connectivity index is 3.94. The van der Waals surface area contributed by atoms with Crippen molar-refractivity contribution in [2.24, 2.45) is 0 Å². The Morgan fingerprint density at radius 2 is 2.24 bits per heavy atom. The van der Waals surface area contributed by atoms with Crippen LogP contribution in [-0.4, -0.2) is 43.4 Å². The van der Waals surface area contributed by atoms with Gasteiger partial charge in [0.2, 0.25) is 0 Å². The van der Waals surface area contributed by atoms with Gasteiger partial charge in [0, 0.05) is 26.7 Å². The molecule has 0 saturated carbocycles. The summed E-state index contributed by atoms with van der Waals surface area (Å²) in [5, 5.41) is 13.7. The summed E-state index contributed by atoms with van der Waals surface area (Å²) in [5.41, 5.74) is 0. The molecule has 0 aromatic carbocycles. The molecule has 96 valence electrons. The fraction of sp³-hybridized carbons (Fsp3) is 0.636. The number of carbonyl (C=O) groups is 2. The number of amides is 2. The average Bonchev–Trinajstić information content (AvgIpc) is 2.28. The number of hydrogen-bond donors (Lipinski definition) is 3. The van der Waals surface area contributed by atoms with Crippen LogP contribution in [0, 0.1) is 12.3 Å². The first-order valence-corrected chi connectivity index (χ1v) is 5.31. The molecule has 0 bridgehead atoms. The molecule has 0 aromatic heterocycles. The van der Waals surface area contributed by atoms with Gasteiger partial charge in [-0.05, 0) is 12.8 Å². The number of nitrogens with one attached hydrogen (secondary N) is 2. The summed E-state index contributed by atoms with van der Waals surface area (Å²) in [6.07, 6.45) is 6.32. The SMILES string of the molecule is C#CCCNC(=O)NC(CCCOC)C(=O)O. The molecule has 0 rings (SSSR count). The van der Waals surface area contributed by atoms with Crippen molar-refractivity contribution in [1.82, 2.24) is 10.6 Å². The van der Waals surface area contributed by atoms with Gasteiger partial charge in [-0.15, -0.1) is 12.3 Å². The number of carbonyl (C=O) groups excluding carboxylic acids is 1. The number of hydrogen-bond acceptors (Lipinski definition) is 3. The van der Waals surface area contributed by atoms with Gasteiger partial charge >= 0.3 is 12.0 Å². The summed E-state index contributed by atoms with van der Waals surface area (Å²) in [6.45, 7) is 0.789. The minimum atomic E-state index is -1.06. The molecule has 0 aliphatic heterocycles. The van der Waals surface area contributed by atoms with E-state index in [1.165, 1.54) is 7.11 Å². The standard InChI is InChI=1S/C11H18N2O4/c1-3-4-7-12-11(16)13-9(10(14)15)6-5-8-17-2/h1,9H,4-8H2,2H3,(H,14,15)(H2,12,13,16). The lowest BCUT2D eigenvalue weighted by molar-refractivity contribution is -0.139. The molecule has 6 heteroatoms. The van der Waals surface area contributed by atoms with E-state index in [-0.39, 0.29) is 0 Å². The number of carboxylic acid groups (broad SMARTS) is 1. The van der Waals surface area contributed by atoms with Crippen molar-refractivity contribution in [1.29, 1.82) is 0 Å². The lowest BCUT2D eigenvalue weighted by Gasteiger charge is -2.14. The van der Waals surface area contributed by atoms with Gasteiger partial charge in [0.25, 0.3) is 0 Å². The number of ether oxygens (including phenoxy) is 1. The third kappa shape index (κ3) is 8.11. The van der Waals surface area contributed by atoms with E-state index in [4.69, 9.17) is 16.3 Å². The fourth-order valence-corrected chi connectivity index (χ4v) is 1.15. The zero-order valence-electron chi connectivity index (χ0n) is 9.86. The quantitative estimate of drug-likeness (QED) is 0.419. The first-order valence-electron chi connectivity index (χ1n) is 5.31. The molecule has 1 atom stereocenters. The highest BCUT2D eigenvalue weighted by Gasteiger charge is 2.18. The molecule has 0 aliphatic rings. The van der Waals surface area contributed by atoms with Crippen molar-refractivity contribution in [2.75, 3.05) is 20.3 Å². The van der Waals surface area contributed by atoms with Crippen LogP contribution < -0.4 is 10.6 Å². The Morgan fingerprint density at radius 3 is 2.76 bits per heavy atom. The highest BCUT2D eigenvalue weighted by Crippen LogP contribution is 1.98. The van der Waals surface area contributed by atoms with Crippen LogP contribution >= 0.6 is 0 Å². The van der Waals surface area contributed by atoms with E-state index in [0.717, 1.165) is 0 Å². The first kappa shape index (κ1) is 15.3. The van der Waals surface area contributed by atoms with E-state index in [2.05, 4.69) is 16.6 Å². The van der Waals surface area contributed by atoms with Gasteiger partial charge in [-0.3, -0.25) is 0 Å². The van der Waals surface area contributed by atoms with Crippen molar-refractivity contribution in [2.45, 2.75) is 25.3 Å². The molecule has 0 aromatic rings. The topological polar surface area (TPSA) is 87.7 Å². The second-order valence-corrected chi connectivity index (χ2v) is 3.38. The largest absolute Gasteiger partial charge is 0.480 e. The first-order chi connectivity index (χ1) is 8.11. The summed E-state index contributed by atoms with van der Waals surface area (Å²) in [6, 6.07) is -1.43. The number of rotatable bonds is 8. The monoisotopic (exact) mass is 242 g/mol. The minimum Gasteiger partial charge on any atom is -0.480 e. The third-order valence-electron chi connectivity index (χ3n) is 2.00. The Hall–Kier alpha value is -1.74. The number of aliphatic carboxylic acids is 1. The van der Waals surface area contributed by atoms with E-state index in [0.29, 0.717) is 32.4 Å². The molecule has 0 aliphatic carbocycles. The number of methoxy groups -OCH3 is 1. The van der Waals surface area contributed by atoms with Gasteiger partial charge in [0.1, 0.15) is 6.04 Å². The maximum atomic E-state index is 11.3. The molecule has 0 radical (unpaired) electrons.